The van der Waals surface area contributed by atoms with Crippen molar-refractivity contribution >= 4 is 5.97 Å². The Morgan fingerprint density at radius 2 is 1.38 bits per heavy atom. The van der Waals surface area contributed by atoms with Crippen LogP contribution < -0.4 is 5.73 Å². The van der Waals surface area contributed by atoms with E-state index in [2.05, 4.69) is 26.8 Å². The lowest BCUT2D eigenvalue weighted by atomic mass is 9.92. The van der Waals surface area contributed by atoms with Crippen LogP contribution in [0, 0.1) is 0 Å². The highest BCUT2D eigenvalue weighted by molar-refractivity contribution is 5.73. The van der Waals surface area contributed by atoms with Gasteiger partial charge in [-0.2, -0.15) is 0 Å². The number of carboxylic acid groups (broad SMARTS) is 1. The third kappa shape index (κ3) is 6.57. The zero-order valence-corrected chi connectivity index (χ0v) is 15.8. The lowest BCUT2D eigenvalue weighted by Crippen LogP contribution is -2.33. The molecule has 0 heterocycles. The molecule has 6 nitrogen and oxygen atoms in total. The Kier molecular flexibility index (Phi) is 7.83. The van der Waals surface area contributed by atoms with Gasteiger partial charge in [0.25, 0.3) is 0 Å². The van der Waals surface area contributed by atoms with Crippen molar-refractivity contribution in [3.8, 4) is 0 Å². The molecule has 3 N–H and O–H groups in total. The van der Waals surface area contributed by atoms with Gasteiger partial charge in [0.05, 0.1) is 0 Å². The fraction of sp³-hybridized carbons (Fsp3) is 0.611. The van der Waals surface area contributed by atoms with E-state index in [4.69, 9.17) is 5.73 Å². The number of hydrogen-bond donors (Lipinski definition) is 2. The molecule has 0 saturated carbocycles. The molecule has 0 spiro atoms. The van der Waals surface area contributed by atoms with Crippen LogP contribution in [0.2, 0.25) is 0 Å². The smallest absolute Gasteiger partial charge is 0.320 e. The Labute approximate surface area is 145 Å². The topological polar surface area (TPSA) is 73.0 Å². The van der Waals surface area contributed by atoms with Gasteiger partial charge in [0.15, 0.2) is 0 Å². The first-order chi connectivity index (χ1) is 11.1. The van der Waals surface area contributed by atoms with E-state index in [9.17, 15) is 9.90 Å². The fourth-order valence-electron chi connectivity index (χ4n) is 2.86. The fourth-order valence-corrected chi connectivity index (χ4v) is 2.86. The predicted octanol–water partition coefficient (Wildman–Crippen LogP) is 0.826. The van der Waals surface area contributed by atoms with Crippen LogP contribution in [0.25, 0.3) is 0 Å². The van der Waals surface area contributed by atoms with E-state index in [0.29, 0.717) is 6.42 Å². The Morgan fingerprint density at radius 3 is 1.71 bits per heavy atom. The number of hydrogen-bond acceptors (Lipinski definition) is 5. The second-order valence-electron chi connectivity index (χ2n) is 7.25. The van der Waals surface area contributed by atoms with E-state index >= 15 is 0 Å². The monoisotopic (exact) mass is 336 g/mol. The molecule has 0 aromatic heterocycles. The number of nitrogens with zero attached hydrogens (tertiary/aromatic N) is 3. The van der Waals surface area contributed by atoms with Crippen LogP contribution in [-0.2, 0) is 30.8 Å². The van der Waals surface area contributed by atoms with Crippen LogP contribution in [0.1, 0.15) is 22.3 Å². The highest BCUT2D eigenvalue weighted by atomic mass is 16.4. The minimum absolute atomic E-state index is 0.351. The van der Waals surface area contributed by atoms with Gasteiger partial charge in [0.1, 0.15) is 6.04 Å². The van der Waals surface area contributed by atoms with Crippen molar-refractivity contribution in [1.29, 1.82) is 0 Å². The maximum atomic E-state index is 11.2. The average Bonchev–Trinajstić information content (AvgIpc) is 2.40. The molecule has 0 unspecified atom stereocenters. The summed E-state index contributed by atoms with van der Waals surface area (Å²) in [7, 11) is 12.2. The number of carbonyl (C=O) groups is 1. The summed E-state index contributed by atoms with van der Waals surface area (Å²) < 4.78 is 0. The van der Waals surface area contributed by atoms with Crippen LogP contribution in [0.4, 0.5) is 0 Å². The van der Waals surface area contributed by atoms with Crippen molar-refractivity contribution in [1.82, 2.24) is 14.7 Å². The Balaban J connectivity index is 3.37. The van der Waals surface area contributed by atoms with Crippen LogP contribution in [0.3, 0.4) is 0 Å². The molecular formula is C18H32N4O2. The van der Waals surface area contributed by atoms with E-state index in [-0.39, 0.29) is 0 Å². The summed E-state index contributed by atoms with van der Waals surface area (Å²) in [6.45, 7) is 2.39. The zero-order chi connectivity index (χ0) is 18.4. The maximum Gasteiger partial charge on any atom is 0.320 e. The SMILES string of the molecule is CN(C)Cc1cc(CN(C)C)c(C[C@H](N)C(=O)O)c(CN(C)C)c1. The third-order valence-corrected chi connectivity index (χ3v) is 3.71. The first kappa shape index (κ1) is 20.6. The van der Waals surface area contributed by atoms with Gasteiger partial charge in [-0.25, -0.2) is 0 Å². The van der Waals surface area contributed by atoms with Gasteiger partial charge in [0.2, 0.25) is 0 Å². The van der Waals surface area contributed by atoms with Crippen LogP contribution in [0.5, 0.6) is 0 Å². The molecule has 0 amide bonds. The van der Waals surface area contributed by atoms with E-state index in [1.165, 1.54) is 5.56 Å². The molecule has 0 bridgehead atoms. The summed E-state index contributed by atoms with van der Waals surface area (Å²) in [4.78, 5) is 17.6. The number of aliphatic carboxylic acids is 1. The summed E-state index contributed by atoms with van der Waals surface area (Å²) in [6, 6.07) is 3.48. The molecule has 1 rings (SSSR count). The number of benzene rings is 1. The largest absolute Gasteiger partial charge is 0.480 e. The molecule has 0 aliphatic carbocycles. The minimum atomic E-state index is -0.959. The van der Waals surface area contributed by atoms with Crippen molar-refractivity contribution in [2.75, 3.05) is 42.3 Å². The average molecular weight is 336 g/mol. The van der Waals surface area contributed by atoms with Crippen molar-refractivity contribution in [3.63, 3.8) is 0 Å². The Morgan fingerprint density at radius 1 is 0.958 bits per heavy atom. The highest BCUT2D eigenvalue weighted by Crippen LogP contribution is 2.23. The van der Waals surface area contributed by atoms with Crippen LogP contribution in [-0.4, -0.2) is 74.1 Å². The van der Waals surface area contributed by atoms with Crippen molar-refractivity contribution < 1.29 is 9.90 Å². The molecule has 0 aliphatic heterocycles. The zero-order valence-electron chi connectivity index (χ0n) is 15.8. The summed E-state index contributed by atoms with van der Waals surface area (Å²) >= 11 is 0. The number of carboxylic acids is 1. The Bertz CT molecular complexity index is 525. The molecule has 1 aromatic rings. The first-order valence-electron chi connectivity index (χ1n) is 8.16. The predicted molar refractivity (Wildman–Crippen MR) is 97.9 cm³/mol. The summed E-state index contributed by atoms with van der Waals surface area (Å²) in [5.41, 5.74) is 10.5. The van der Waals surface area contributed by atoms with Gasteiger partial charge in [-0.1, -0.05) is 12.1 Å². The summed E-state index contributed by atoms with van der Waals surface area (Å²) in [5, 5.41) is 9.21. The number of nitrogens with two attached hydrogens (primary N) is 1. The molecule has 1 atom stereocenters. The molecular weight excluding hydrogens is 304 g/mol. The van der Waals surface area contributed by atoms with Crippen LogP contribution >= 0.6 is 0 Å². The van der Waals surface area contributed by atoms with Crippen LogP contribution in [0.15, 0.2) is 12.1 Å². The normalized spacial score (nSPS) is 13.1. The quantitative estimate of drug-likeness (QED) is 0.696. The van der Waals surface area contributed by atoms with Gasteiger partial charge in [-0.3, -0.25) is 4.79 Å². The summed E-state index contributed by atoms with van der Waals surface area (Å²) in [5.74, 6) is -0.959. The molecule has 0 fully saturated rings. The van der Waals surface area contributed by atoms with E-state index in [1.54, 1.807) is 0 Å². The number of rotatable bonds is 9. The van der Waals surface area contributed by atoms with Crippen molar-refractivity contribution in [2.24, 2.45) is 5.73 Å². The second kappa shape index (κ2) is 9.13. The summed E-state index contributed by atoms with van der Waals surface area (Å²) in [6.07, 6.45) is 0.351. The van der Waals surface area contributed by atoms with E-state index < -0.39 is 12.0 Å². The van der Waals surface area contributed by atoms with Crippen molar-refractivity contribution in [2.45, 2.75) is 32.1 Å². The Hall–Kier alpha value is -1.47. The van der Waals surface area contributed by atoms with E-state index in [0.717, 1.165) is 36.3 Å². The highest BCUT2D eigenvalue weighted by Gasteiger charge is 2.19. The molecule has 6 heteroatoms. The second-order valence-corrected chi connectivity index (χ2v) is 7.25. The molecule has 136 valence electrons. The van der Waals surface area contributed by atoms with Gasteiger partial charge >= 0.3 is 5.97 Å². The van der Waals surface area contributed by atoms with Gasteiger partial charge < -0.3 is 25.5 Å². The van der Waals surface area contributed by atoms with E-state index in [1.807, 2.05) is 42.3 Å². The van der Waals surface area contributed by atoms with Gasteiger partial charge in [-0.15, -0.1) is 0 Å². The first-order valence-corrected chi connectivity index (χ1v) is 8.16. The lowest BCUT2D eigenvalue weighted by Gasteiger charge is -2.23. The minimum Gasteiger partial charge on any atom is -0.480 e. The molecule has 0 saturated heterocycles. The maximum absolute atomic E-state index is 11.2. The van der Waals surface area contributed by atoms with Crippen molar-refractivity contribution in [3.05, 3.63) is 34.4 Å². The molecule has 24 heavy (non-hydrogen) atoms. The van der Waals surface area contributed by atoms with Gasteiger partial charge in [-0.05, 0) is 71.0 Å². The third-order valence-electron chi connectivity index (χ3n) is 3.71. The lowest BCUT2D eigenvalue weighted by molar-refractivity contribution is -0.138. The molecule has 0 aliphatic rings. The molecule has 1 aromatic carbocycles. The standard InChI is InChI=1S/C18H32N4O2/c1-20(2)10-13-7-14(11-21(3)4)16(9-17(19)18(23)24)15(8-13)12-22(5)6/h7-8,17H,9-12,19H2,1-6H3,(H,23,24)/t17-/m0/s1. The molecule has 0 radical (unpaired) electrons. The van der Waals surface area contributed by atoms with Gasteiger partial charge in [0, 0.05) is 19.6 Å².